The molecule has 1 heterocycles. The predicted octanol–water partition coefficient (Wildman–Crippen LogP) is 5.34. The van der Waals surface area contributed by atoms with Gasteiger partial charge < -0.3 is 9.88 Å². The van der Waals surface area contributed by atoms with E-state index in [4.69, 9.17) is 11.6 Å². The van der Waals surface area contributed by atoms with Crippen LogP contribution in [0.2, 0.25) is 5.02 Å². The number of amides is 1. The number of carbonyl (C=O) groups excluding carboxylic acids is 1. The molecule has 0 radical (unpaired) electrons. The number of nitrogens with one attached hydrogen (secondary N) is 1. The molecule has 1 aromatic heterocycles. The molecule has 0 saturated heterocycles. The van der Waals surface area contributed by atoms with Crippen LogP contribution in [0, 0.1) is 6.92 Å². The van der Waals surface area contributed by atoms with Crippen molar-refractivity contribution >= 4 is 34.1 Å². The van der Waals surface area contributed by atoms with Crippen LogP contribution in [0.4, 0.5) is 18.9 Å². The van der Waals surface area contributed by atoms with E-state index in [1.165, 1.54) is 0 Å². The molecule has 0 unspecified atom stereocenters. The summed E-state index contributed by atoms with van der Waals surface area (Å²) in [4.78, 5) is 12.4. The number of nitrogens with zero attached hydrogens (tertiary/aromatic N) is 1. The highest BCUT2D eigenvalue weighted by molar-refractivity contribution is 6.33. The maximum atomic E-state index is 12.9. The number of alkyl halides is 3. The van der Waals surface area contributed by atoms with E-state index in [1.54, 1.807) is 0 Å². The molecule has 2 aromatic carbocycles. The van der Waals surface area contributed by atoms with E-state index in [2.05, 4.69) is 5.32 Å². The van der Waals surface area contributed by atoms with E-state index in [-0.39, 0.29) is 17.1 Å². The van der Waals surface area contributed by atoms with Crippen molar-refractivity contribution in [3.05, 3.63) is 64.3 Å². The van der Waals surface area contributed by atoms with E-state index in [0.717, 1.165) is 40.4 Å². The van der Waals surface area contributed by atoms with Crippen LogP contribution in [-0.2, 0) is 24.4 Å². The minimum Gasteiger partial charge on any atom is -0.348 e. The largest absolute Gasteiger partial charge is 0.416 e. The molecule has 3 nitrogen and oxygen atoms in total. The van der Waals surface area contributed by atoms with E-state index in [9.17, 15) is 18.0 Å². The lowest BCUT2D eigenvalue weighted by Gasteiger charge is -2.12. The molecule has 0 atom stereocenters. The summed E-state index contributed by atoms with van der Waals surface area (Å²) in [5, 5.41) is 3.49. The van der Waals surface area contributed by atoms with E-state index in [1.807, 2.05) is 42.8 Å². The molecule has 3 aromatic rings. The third kappa shape index (κ3) is 3.42. The third-order valence-electron chi connectivity index (χ3n) is 4.44. The van der Waals surface area contributed by atoms with Gasteiger partial charge in [0.2, 0.25) is 5.91 Å². The van der Waals surface area contributed by atoms with Crippen molar-refractivity contribution in [2.45, 2.75) is 19.5 Å². The van der Waals surface area contributed by atoms with E-state index < -0.39 is 17.6 Å². The Morgan fingerprint density at radius 1 is 1.19 bits per heavy atom. The van der Waals surface area contributed by atoms with Gasteiger partial charge >= 0.3 is 6.18 Å². The lowest BCUT2D eigenvalue weighted by atomic mass is 10.1. The average Bonchev–Trinajstić information content (AvgIpc) is 2.81. The Balaban J connectivity index is 1.88. The molecule has 1 N–H and O–H groups in total. The summed E-state index contributed by atoms with van der Waals surface area (Å²) in [5.41, 5.74) is 1.84. The number of rotatable bonds is 3. The summed E-state index contributed by atoms with van der Waals surface area (Å²) < 4.78 is 40.5. The Labute approximate surface area is 153 Å². The maximum Gasteiger partial charge on any atom is 0.416 e. The number of hydrogen-bond acceptors (Lipinski definition) is 1. The number of hydrogen-bond donors (Lipinski definition) is 1. The smallest absolute Gasteiger partial charge is 0.348 e. The van der Waals surface area contributed by atoms with Gasteiger partial charge in [-0.1, -0.05) is 29.8 Å². The van der Waals surface area contributed by atoms with Gasteiger partial charge in [-0.3, -0.25) is 4.79 Å². The maximum absolute atomic E-state index is 12.9. The molecule has 0 spiro atoms. The van der Waals surface area contributed by atoms with Gasteiger partial charge in [0.15, 0.2) is 0 Å². The highest BCUT2D eigenvalue weighted by Crippen LogP contribution is 2.34. The van der Waals surface area contributed by atoms with Crippen LogP contribution in [0.1, 0.15) is 16.8 Å². The molecule has 0 bridgehead atoms. The molecule has 136 valence electrons. The molecule has 0 aliphatic carbocycles. The van der Waals surface area contributed by atoms with Crippen LogP contribution in [-0.4, -0.2) is 10.5 Å². The van der Waals surface area contributed by atoms with Gasteiger partial charge in [-0.05, 0) is 36.8 Å². The van der Waals surface area contributed by atoms with Gasteiger partial charge in [0.25, 0.3) is 0 Å². The van der Waals surface area contributed by atoms with Gasteiger partial charge in [-0.15, -0.1) is 0 Å². The second-order valence-corrected chi connectivity index (χ2v) is 6.46. The summed E-state index contributed by atoms with van der Waals surface area (Å²) in [7, 11) is 1.91. The highest BCUT2D eigenvalue weighted by atomic mass is 35.5. The van der Waals surface area contributed by atoms with Crippen molar-refractivity contribution in [1.82, 2.24) is 4.57 Å². The van der Waals surface area contributed by atoms with Crippen LogP contribution in [0.25, 0.3) is 10.9 Å². The van der Waals surface area contributed by atoms with Crippen molar-refractivity contribution in [2.24, 2.45) is 7.05 Å². The molecule has 0 saturated carbocycles. The number of carbonyl (C=O) groups is 1. The Bertz CT molecular complexity index is 992. The van der Waals surface area contributed by atoms with Crippen molar-refractivity contribution < 1.29 is 18.0 Å². The van der Waals surface area contributed by atoms with Crippen LogP contribution in [0.5, 0.6) is 0 Å². The molecule has 0 aliphatic rings. The average molecular weight is 381 g/mol. The third-order valence-corrected chi connectivity index (χ3v) is 4.77. The zero-order chi connectivity index (χ0) is 19.1. The van der Waals surface area contributed by atoms with E-state index in [0.29, 0.717) is 0 Å². The Morgan fingerprint density at radius 3 is 2.58 bits per heavy atom. The van der Waals surface area contributed by atoms with Crippen LogP contribution in [0.3, 0.4) is 0 Å². The first-order valence-electron chi connectivity index (χ1n) is 7.88. The lowest BCUT2D eigenvalue weighted by Crippen LogP contribution is -2.16. The number of aromatic nitrogens is 1. The fourth-order valence-electron chi connectivity index (χ4n) is 2.97. The lowest BCUT2D eigenvalue weighted by molar-refractivity contribution is -0.137. The fourth-order valence-corrected chi connectivity index (χ4v) is 3.14. The van der Waals surface area contributed by atoms with Gasteiger partial charge in [-0.2, -0.15) is 13.2 Å². The van der Waals surface area contributed by atoms with Crippen molar-refractivity contribution in [2.75, 3.05) is 5.32 Å². The number of fused-ring (bicyclic) bond motifs is 1. The first-order valence-corrected chi connectivity index (χ1v) is 8.25. The molecule has 3 rings (SSSR count). The summed E-state index contributed by atoms with van der Waals surface area (Å²) >= 11 is 5.94. The van der Waals surface area contributed by atoms with Crippen LogP contribution < -0.4 is 5.32 Å². The van der Waals surface area contributed by atoms with Crippen molar-refractivity contribution in [3.8, 4) is 0 Å². The Kier molecular flexibility index (Phi) is 4.71. The minimum absolute atomic E-state index is 0.0414. The predicted molar refractivity (Wildman–Crippen MR) is 96.4 cm³/mol. The van der Waals surface area contributed by atoms with Gasteiger partial charge in [0.05, 0.1) is 22.7 Å². The first-order chi connectivity index (χ1) is 12.2. The van der Waals surface area contributed by atoms with E-state index >= 15 is 0 Å². The number of anilines is 1. The number of benzene rings is 2. The normalized spacial score (nSPS) is 11.8. The second kappa shape index (κ2) is 6.68. The summed E-state index contributed by atoms with van der Waals surface area (Å²) in [5.74, 6) is -0.425. The molecule has 0 fully saturated rings. The first kappa shape index (κ1) is 18.3. The van der Waals surface area contributed by atoms with Crippen molar-refractivity contribution in [3.63, 3.8) is 0 Å². The minimum atomic E-state index is -4.50. The highest BCUT2D eigenvalue weighted by Gasteiger charge is 2.31. The molecule has 1 amide bonds. The Morgan fingerprint density at radius 2 is 1.88 bits per heavy atom. The number of para-hydroxylation sites is 1. The van der Waals surface area contributed by atoms with Gasteiger partial charge in [0, 0.05) is 23.6 Å². The summed E-state index contributed by atoms with van der Waals surface area (Å²) in [6.07, 6.45) is -4.46. The SMILES string of the molecule is Cc1c(CC(=O)Nc2cc(C(F)(F)F)ccc2Cl)c2ccccc2n1C. The summed E-state index contributed by atoms with van der Waals surface area (Å²) in [6, 6.07) is 10.5. The number of aryl methyl sites for hydroxylation is 1. The second-order valence-electron chi connectivity index (χ2n) is 6.06. The molecular weight excluding hydrogens is 365 g/mol. The molecular formula is C19H16ClF3N2O. The molecule has 26 heavy (non-hydrogen) atoms. The van der Waals surface area contributed by atoms with Crippen molar-refractivity contribution in [1.29, 1.82) is 0 Å². The topological polar surface area (TPSA) is 34.0 Å². The zero-order valence-electron chi connectivity index (χ0n) is 14.1. The molecule has 0 aliphatic heterocycles. The molecule has 7 heteroatoms. The quantitative estimate of drug-likeness (QED) is 0.653. The van der Waals surface area contributed by atoms with Crippen LogP contribution >= 0.6 is 11.6 Å². The fraction of sp³-hybridized carbons (Fsp3) is 0.211. The Hall–Kier alpha value is -2.47. The van der Waals surface area contributed by atoms with Gasteiger partial charge in [0.1, 0.15) is 0 Å². The zero-order valence-corrected chi connectivity index (χ0v) is 14.9. The summed E-state index contributed by atoms with van der Waals surface area (Å²) in [6.45, 7) is 1.90. The van der Waals surface area contributed by atoms with Crippen LogP contribution in [0.15, 0.2) is 42.5 Å². The number of halogens is 4. The standard InChI is InChI=1S/C19H16ClF3N2O/c1-11-14(13-5-3-4-6-17(13)25(11)2)10-18(26)24-16-9-12(19(21,22)23)7-8-15(16)20/h3-9H,10H2,1-2H3,(H,24,26). The van der Waals surface area contributed by atoms with Gasteiger partial charge in [-0.25, -0.2) is 0 Å². The monoisotopic (exact) mass is 380 g/mol.